The van der Waals surface area contributed by atoms with Crippen LogP contribution in [0.3, 0.4) is 0 Å². The normalized spacial score (nSPS) is 11.1. The summed E-state index contributed by atoms with van der Waals surface area (Å²) < 4.78 is 70.1. The molecule has 0 spiro atoms. The number of hydrogen-bond donors (Lipinski definition) is 3. The highest BCUT2D eigenvalue weighted by Gasteiger charge is 2.41. The second-order valence-corrected chi connectivity index (χ2v) is 17.5. The van der Waals surface area contributed by atoms with E-state index >= 15 is 0 Å². The zero-order chi connectivity index (χ0) is 59.6. The summed E-state index contributed by atoms with van der Waals surface area (Å²) in [6.45, 7) is 19.3. The molecule has 26 heteroatoms. The second kappa shape index (κ2) is 40.3. The Balaban J connectivity index is 5.85. The lowest BCUT2D eigenvalue weighted by molar-refractivity contribution is -0.166. The molecule has 0 fully saturated rings. The predicted octanol–water partition coefficient (Wildman–Crippen LogP) is 2.45. The molecule has 0 aliphatic heterocycles. The molecule has 0 saturated carbocycles. The molecule has 0 aliphatic rings. The van der Waals surface area contributed by atoms with Crippen molar-refractivity contribution in [1.29, 1.82) is 0 Å². The van der Waals surface area contributed by atoms with Gasteiger partial charge in [0.15, 0.2) is 0 Å². The SMILES string of the molecule is C=CC(=O)OCC(CO)(COCC(COC(=O)C=C)(COC(=O)C=C)COC(=O)NCCCCCCNC(=O)OCC(COCC(COC)(COC(=O)C=C)COC(=O)C=C)(COC(=O)C=C)COC(=O)C=C)COC(=O)C=C. The quantitative estimate of drug-likeness (QED) is 0.0341. The molecule has 0 aromatic carbocycles. The molecule has 0 unspecified atom stereocenters. The third kappa shape index (κ3) is 31.2. The monoisotopic (exact) mass is 1120 g/mol. The van der Waals surface area contributed by atoms with Crippen molar-refractivity contribution in [2.75, 3.05) is 126 Å². The van der Waals surface area contributed by atoms with Crippen LogP contribution < -0.4 is 10.6 Å². The van der Waals surface area contributed by atoms with Crippen molar-refractivity contribution in [3.05, 3.63) is 101 Å². The number of ether oxygens (including phenoxy) is 13. The first-order valence-corrected chi connectivity index (χ1v) is 24.1. The Morgan fingerprint density at radius 3 is 0.772 bits per heavy atom. The van der Waals surface area contributed by atoms with Crippen LogP contribution in [0, 0.1) is 21.7 Å². The number of rotatable bonds is 46. The molecule has 26 nitrogen and oxygen atoms in total. The Bertz CT molecular complexity index is 2000. The minimum Gasteiger partial charge on any atom is -0.462 e. The van der Waals surface area contributed by atoms with Gasteiger partial charge in [-0.15, -0.1) is 0 Å². The Morgan fingerprint density at radius 2 is 0.544 bits per heavy atom. The molecule has 0 aromatic rings. The van der Waals surface area contributed by atoms with Crippen LogP contribution in [-0.2, 0) is 99.9 Å². The minimum absolute atomic E-state index is 0.115. The molecule has 0 atom stereocenters. The number of aliphatic hydroxyl groups is 1. The van der Waals surface area contributed by atoms with E-state index in [4.69, 9.17) is 61.6 Å². The summed E-state index contributed by atoms with van der Waals surface area (Å²) in [5.41, 5.74) is -6.02. The Labute approximate surface area is 458 Å². The van der Waals surface area contributed by atoms with Crippen molar-refractivity contribution in [2.24, 2.45) is 21.7 Å². The first-order valence-electron chi connectivity index (χ1n) is 24.1. The van der Waals surface area contributed by atoms with E-state index in [-0.39, 0.29) is 39.5 Å². The number of nitrogens with one attached hydrogen (secondary N) is 2. The van der Waals surface area contributed by atoms with Gasteiger partial charge in [-0.2, -0.15) is 0 Å². The van der Waals surface area contributed by atoms with Crippen LogP contribution in [-0.4, -0.2) is 191 Å². The van der Waals surface area contributed by atoms with Crippen LogP contribution in [0.15, 0.2) is 101 Å². The standard InChI is InChI=1S/C53H74N2O24/c1-10-40(57)70-30-50(24-56,31-71-41(58)11-2)26-68-28-52(34-74-44(61)14-5,35-75-45(62)15-6)38-78-48(65)54-22-20-18-19-21-23-55-49(66)79-39-53(36-76-46(63)16-7,37-77-47(64)17-8)29-69-27-51(25-67-9,32-72-42(59)12-3)33-73-43(60)13-4/h10-17,56H,1-8,18-39H2,9H3,(H,54,65)(H,55,66). The highest BCUT2D eigenvalue weighted by Crippen LogP contribution is 2.27. The van der Waals surface area contributed by atoms with E-state index in [0.717, 1.165) is 48.6 Å². The number of carbonyl (C=O) groups excluding carboxylic acids is 10. The van der Waals surface area contributed by atoms with Crippen molar-refractivity contribution in [1.82, 2.24) is 10.6 Å². The van der Waals surface area contributed by atoms with Gasteiger partial charge in [0.1, 0.15) is 66.1 Å². The summed E-state index contributed by atoms with van der Waals surface area (Å²) in [7, 11) is 1.34. The van der Waals surface area contributed by atoms with Crippen LogP contribution in [0.2, 0.25) is 0 Å². The molecule has 2 amide bonds. The van der Waals surface area contributed by atoms with Gasteiger partial charge in [-0.05, 0) is 12.8 Å². The molecule has 0 rings (SSSR count). The van der Waals surface area contributed by atoms with Crippen molar-refractivity contribution in [3.8, 4) is 0 Å². The van der Waals surface area contributed by atoms with Crippen molar-refractivity contribution in [2.45, 2.75) is 25.7 Å². The van der Waals surface area contributed by atoms with Gasteiger partial charge in [0, 0.05) is 68.8 Å². The zero-order valence-corrected chi connectivity index (χ0v) is 44.7. The summed E-state index contributed by atoms with van der Waals surface area (Å²) in [6.07, 6.45) is 7.23. The van der Waals surface area contributed by atoms with E-state index in [1.807, 2.05) is 0 Å². The lowest BCUT2D eigenvalue weighted by atomic mass is 9.90. The summed E-state index contributed by atoms with van der Waals surface area (Å²) >= 11 is 0. The first-order chi connectivity index (χ1) is 37.7. The molecular weight excluding hydrogens is 1050 g/mol. The largest absolute Gasteiger partial charge is 0.462 e. The van der Waals surface area contributed by atoms with Gasteiger partial charge < -0.3 is 77.3 Å². The fourth-order valence-electron chi connectivity index (χ4n) is 6.08. The number of carbonyl (C=O) groups is 10. The molecule has 0 saturated heterocycles. The molecule has 0 radical (unpaired) electrons. The molecule has 3 N–H and O–H groups in total. The van der Waals surface area contributed by atoms with Gasteiger partial charge in [0.2, 0.25) is 0 Å². The van der Waals surface area contributed by atoms with Crippen LogP contribution >= 0.6 is 0 Å². The van der Waals surface area contributed by atoms with E-state index in [2.05, 4.69) is 63.3 Å². The van der Waals surface area contributed by atoms with E-state index in [1.54, 1.807) is 0 Å². The molecule has 0 bridgehead atoms. The number of methoxy groups -OCH3 is 1. The zero-order valence-electron chi connectivity index (χ0n) is 44.7. The van der Waals surface area contributed by atoms with E-state index in [1.165, 1.54) is 7.11 Å². The molecule has 440 valence electrons. The predicted molar refractivity (Wildman–Crippen MR) is 277 cm³/mol. The Kier molecular flexibility index (Phi) is 36.2. The summed E-state index contributed by atoms with van der Waals surface area (Å²) in [5.74, 6) is -6.81. The van der Waals surface area contributed by atoms with Gasteiger partial charge in [0.25, 0.3) is 0 Å². The van der Waals surface area contributed by atoms with Crippen molar-refractivity contribution in [3.63, 3.8) is 0 Å². The lowest BCUT2D eigenvalue weighted by Crippen LogP contribution is -2.47. The van der Waals surface area contributed by atoms with Crippen LogP contribution in [0.4, 0.5) is 9.59 Å². The van der Waals surface area contributed by atoms with Gasteiger partial charge in [0.05, 0.1) is 61.3 Å². The fourth-order valence-corrected chi connectivity index (χ4v) is 6.08. The fraction of sp³-hybridized carbons (Fsp3) is 0.509. The van der Waals surface area contributed by atoms with Crippen LogP contribution in [0.25, 0.3) is 0 Å². The Morgan fingerprint density at radius 1 is 0.329 bits per heavy atom. The average molecular weight is 1120 g/mol. The molecule has 0 aliphatic carbocycles. The van der Waals surface area contributed by atoms with Gasteiger partial charge >= 0.3 is 59.9 Å². The number of hydrogen-bond acceptors (Lipinski definition) is 24. The average Bonchev–Trinajstić information content (AvgIpc) is 3.46. The first kappa shape index (κ1) is 71.1. The minimum atomic E-state index is -1.60. The smallest absolute Gasteiger partial charge is 0.407 e. The van der Waals surface area contributed by atoms with Gasteiger partial charge in [-0.3, -0.25) is 0 Å². The third-order valence-corrected chi connectivity index (χ3v) is 10.6. The number of esters is 8. The number of amides is 2. The highest BCUT2D eigenvalue weighted by molar-refractivity contribution is 5.84. The van der Waals surface area contributed by atoms with Crippen molar-refractivity contribution < 1.29 is 115 Å². The van der Waals surface area contributed by atoms with E-state index in [9.17, 15) is 53.1 Å². The number of alkyl carbamates (subject to hydrolysis) is 2. The van der Waals surface area contributed by atoms with Crippen LogP contribution in [0.5, 0.6) is 0 Å². The third-order valence-electron chi connectivity index (χ3n) is 10.6. The highest BCUT2D eigenvalue weighted by atomic mass is 16.6. The maximum absolute atomic E-state index is 13.0. The van der Waals surface area contributed by atoms with Gasteiger partial charge in [-0.1, -0.05) is 65.5 Å². The molecule has 79 heavy (non-hydrogen) atoms. The summed E-state index contributed by atoms with van der Waals surface area (Å²) in [4.78, 5) is 123. The van der Waals surface area contributed by atoms with Gasteiger partial charge in [-0.25, -0.2) is 47.9 Å². The number of unbranched alkanes of at least 4 members (excludes halogenated alkanes) is 3. The molecular formula is C53H74N2O24. The van der Waals surface area contributed by atoms with Crippen molar-refractivity contribution >= 4 is 59.9 Å². The maximum atomic E-state index is 13.0. The van der Waals surface area contributed by atoms with E-state index in [0.29, 0.717) is 25.7 Å². The molecule has 0 aromatic heterocycles. The molecule has 0 heterocycles. The van der Waals surface area contributed by atoms with E-state index < -0.39 is 161 Å². The lowest BCUT2D eigenvalue weighted by Gasteiger charge is -2.35. The summed E-state index contributed by atoms with van der Waals surface area (Å²) in [5, 5.41) is 15.5. The Hall–Kier alpha value is -7.94. The topological polar surface area (TPSA) is 335 Å². The van der Waals surface area contributed by atoms with Crippen LogP contribution in [0.1, 0.15) is 25.7 Å². The second-order valence-electron chi connectivity index (χ2n) is 17.5. The number of aliphatic hydroxyl groups excluding tert-OH is 1. The maximum Gasteiger partial charge on any atom is 0.407 e. The summed E-state index contributed by atoms with van der Waals surface area (Å²) in [6, 6.07) is 0.